The Balaban J connectivity index is 3.34. The van der Waals surface area contributed by atoms with E-state index >= 15 is 0 Å². The Labute approximate surface area is 108 Å². The minimum atomic E-state index is -0.415. The molecule has 0 aliphatic rings. The van der Waals surface area contributed by atoms with Crippen LogP contribution in [0.2, 0.25) is 0 Å². The molecule has 0 spiro atoms. The van der Waals surface area contributed by atoms with Crippen LogP contribution in [0.25, 0.3) is 0 Å². The first kappa shape index (κ1) is 16.4. The van der Waals surface area contributed by atoms with E-state index in [2.05, 4.69) is 18.7 Å². The van der Waals surface area contributed by atoms with Gasteiger partial charge in [-0.15, -0.1) is 0 Å². The Morgan fingerprint density at radius 3 is 2.35 bits per heavy atom. The van der Waals surface area contributed by atoms with Crippen LogP contribution in [0.3, 0.4) is 0 Å². The molecule has 0 rings (SSSR count). The second-order valence-corrected chi connectivity index (χ2v) is 4.96. The normalized spacial score (nSPS) is 10.6. The van der Waals surface area contributed by atoms with Crippen LogP contribution < -0.4 is 0 Å². The molecule has 0 bridgehead atoms. The van der Waals surface area contributed by atoms with Crippen molar-refractivity contribution in [2.75, 3.05) is 37.7 Å². The molecular formula is C12H23NO3S. The SMILES string of the molecule is CCN(CC)CCSCCOC(=O)CC(C)=O. The molecular weight excluding hydrogens is 238 g/mol. The van der Waals surface area contributed by atoms with E-state index < -0.39 is 5.97 Å². The van der Waals surface area contributed by atoms with Crippen LogP contribution in [0, 0.1) is 0 Å². The van der Waals surface area contributed by atoms with Crippen LogP contribution in [0.4, 0.5) is 0 Å². The molecule has 0 N–H and O–H groups in total. The molecule has 0 aromatic carbocycles. The average molecular weight is 261 g/mol. The number of Topliss-reactive ketones (excluding diaryl/α,β-unsaturated/α-hetero) is 1. The third-order valence-electron chi connectivity index (χ3n) is 2.33. The van der Waals surface area contributed by atoms with Crippen molar-refractivity contribution in [3.8, 4) is 0 Å². The Morgan fingerprint density at radius 1 is 1.18 bits per heavy atom. The first-order chi connectivity index (χ1) is 8.10. The maximum atomic E-state index is 11.0. The van der Waals surface area contributed by atoms with Crippen molar-refractivity contribution < 1.29 is 14.3 Å². The fourth-order valence-corrected chi connectivity index (χ4v) is 2.10. The van der Waals surface area contributed by atoms with Crippen molar-refractivity contribution in [3.63, 3.8) is 0 Å². The van der Waals surface area contributed by atoms with Crippen LogP contribution in [0.5, 0.6) is 0 Å². The molecule has 100 valence electrons. The fraction of sp³-hybridized carbons (Fsp3) is 0.833. The number of ether oxygens (including phenoxy) is 1. The molecule has 17 heavy (non-hydrogen) atoms. The van der Waals surface area contributed by atoms with E-state index in [9.17, 15) is 9.59 Å². The number of carbonyl (C=O) groups excluding carboxylic acids is 2. The molecule has 0 saturated carbocycles. The Hall–Kier alpha value is -0.550. The lowest BCUT2D eigenvalue weighted by Gasteiger charge is -2.17. The smallest absolute Gasteiger partial charge is 0.313 e. The van der Waals surface area contributed by atoms with Crippen LogP contribution in [-0.2, 0) is 14.3 Å². The summed E-state index contributed by atoms with van der Waals surface area (Å²) in [5.41, 5.74) is 0. The molecule has 0 aromatic heterocycles. The second kappa shape index (κ2) is 10.6. The lowest BCUT2D eigenvalue weighted by Crippen LogP contribution is -2.25. The van der Waals surface area contributed by atoms with E-state index in [0.717, 1.165) is 31.1 Å². The average Bonchev–Trinajstić information content (AvgIpc) is 2.27. The van der Waals surface area contributed by atoms with Gasteiger partial charge in [0, 0.05) is 18.1 Å². The molecule has 0 heterocycles. The summed E-state index contributed by atoms with van der Waals surface area (Å²) in [7, 11) is 0. The third-order valence-corrected chi connectivity index (χ3v) is 3.26. The van der Waals surface area contributed by atoms with Gasteiger partial charge in [0.25, 0.3) is 0 Å². The van der Waals surface area contributed by atoms with Gasteiger partial charge in [0.15, 0.2) is 0 Å². The van der Waals surface area contributed by atoms with E-state index in [0.29, 0.717) is 6.61 Å². The minimum absolute atomic E-state index is 0.107. The largest absolute Gasteiger partial charge is 0.464 e. The van der Waals surface area contributed by atoms with Crippen molar-refractivity contribution in [1.29, 1.82) is 0 Å². The summed E-state index contributed by atoms with van der Waals surface area (Å²) in [5, 5.41) is 0. The zero-order chi connectivity index (χ0) is 13.1. The Bertz CT molecular complexity index is 230. The van der Waals surface area contributed by atoms with Crippen molar-refractivity contribution in [2.24, 2.45) is 0 Å². The highest BCUT2D eigenvalue weighted by atomic mass is 32.2. The van der Waals surface area contributed by atoms with E-state index in [1.54, 1.807) is 11.8 Å². The standard InChI is InChI=1S/C12H23NO3S/c1-4-13(5-2)6-8-17-9-7-16-12(15)10-11(3)14/h4-10H2,1-3H3. The maximum Gasteiger partial charge on any atom is 0.313 e. The number of nitrogens with zero attached hydrogens (tertiary/aromatic N) is 1. The molecule has 0 fully saturated rings. The number of esters is 1. The fourth-order valence-electron chi connectivity index (χ4n) is 1.30. The summed E-state index contributed by atoms with van der Waals surface area (Å²) in [5.74, 6) is 1.28. The van der Waals surface area contributed by atoms with Crippen molar-refractivity contribution in [3.05, 3.63) is 0 Å². The molecule has 0 aliphatic carbocycles. The number of hydrogen-bond acceptors (Lipinski definition) is 5. The lowest BCUT2D eigenvalue weighted by molar-refractivity contribution is -0.145. The number of ketones is 1. The van der Waals surface area contributed by atoms with Crippen LogP contribution >= 0.6 is 11.8 Å². The monoisotopic (exact) mass is 261 g/mol. The molecule has 0 unspecified atom stereocenters. The Kier molecular flexibility index (Phi) is 10.3. The van der Waals surface area contributed by atoms with Crippen molar-refractivity contribution in [1.82, 2.24) is 4.90 Å². The molecule has 0 saturated heterocycles. The van der Waals surface area contributed by atoms with Crippen LogP contribution in [0.1, 0.15) is 27.2 Å². The molecule has 0 amide bonds. The minimum Gasteiger partial charge on any atom is -0.464 e. The van der Waals surface area contributed by atoms with Crippen molar-refractivity contribution >= 4 is 23.5 Å². The van der Waals surface area contributed by atoms with Gasteiger partial charge < -0.3 is 9.64 Å². The number of rotatable bonds is 10. The van der Waals surface area contributed by atoms with Gasteiger partial charge in [0.2, 0.25) is 0 Å². The van der Waals surface area contributed by atoms with Gasteiger partial charge in [-0.1, -0.05) is 13.8 Å². The summed E-state index contributed by atoms with van der Waals surface area (Å²) in [4.78, 5) is 24.0. The summed E-state index contributed by atoms with van der Waals surface area (Å²) < 4.78 is 4.92. The van der Waals surface area contributed by atoms with Gasteiger partial charge in [0.05, 0.1) is 0 Å². The highest BCUT2D eigenvalue weighted by Crippen LogP contribution is 2.01. The molecule has 0 radical (unpaired) electrons. The van der Waals surface area contributed by atoms with Crippen LogP contribution in [0.15, 0.2) is 0 Å². The molecule has 4 nitrogen and oxygen atoms in total. The summed E-state index contributed by atoms with van der Waals surface area (Å²) in [6.45, 7) is 9.30. The van der Waals surface area contributed by atoms with Gasteiger partial charge in [-0.3, -0.25) is 9.59 Å². The zero-order valence-corrected chi connectivity index (χ0v) is 11.8. The first-order valence-corrected chi connectivity index (χ1v) is 7.20. The summed E-state index contributed by atoms with van der Waals surface area (Å²) in [6.07, 6.45) is -0.107. The summed E-state index contributed by atoms with van der Waals surface area (Å²) in [6, 6.07) is 0. The van der Waals surface area contributed by atoms with Gasteiger partial charge in [-0.2, -0.15) is 11.8 Å². The topological polar surface area (TPSA) is 46.6 Å². The number of thioether (sulfide) groups is 1. The van der Waals surface area contributed by atoms with E-state index in [-0.39, 0.29) is 12.2 Å². The van der Waals surface area contributed by atoms with E-state index in [4.69, 9.17) is 4.74 Å². The first-order valence-electron chi connectivity index (χ1n) is 6.05. The van der Waals surface area contributed by atoms with E-state index in [1.165, 1.54) is 6.92 Å². The van der Waals surface area contributed by atoms with Crippen molar-refractivity contribution in [2.45, 2.75) is 27.2 Å². The lowest BCUT2D eigenvalue weighted by atomic mass is 10.3. The molecule has 0 aliphatic heterocycles. The quantitative estimate of drug-likeness (QED) is 0.339. The van der Waals surface area contributed by atoms with Crippen LogP contribution in [-0.4, -0.2) is 54.4 Å². The van der Waals surface area contributed by atoms with Gasteiger partial charge in [-0.05, 0) is 20.0 Å². The van der Waals surface area contributed by atoms with Gasteiger partial charge >= 0.3 is 5.97 Å². The predicted octanol–water partition coefficient (Wildman–Crippen LogP) is 1.58. The molecule has 5 heteroatoms. The third kappa shape index (κ3) is 10.3. The highest BCUT2D eigenvalue weighted by molar-refractivity contribution is 7.99. The summed E-state index contributed by atoms with van der Waals surface area (Å²) >= 11 is 1.77. The maximum absolute atomic E-state index is 11.0. The highest BCUT2D eigenvalue weighted by Gasteiger charge is 2.05. The zero-order valence-electron chi connectivity index (χ0n) is 11.0. The van der Waals surface area contributed by atoms with Gasteiger partial charge in [-0.25, -0.2) is 0 Å². The number of carbonyl (C=O) groups is 2. The van der Waals surface area contributed by atoms with Gasteiger partial charge in [0.1, 0.15) is 18.8 Å². The molecule has 0 atom stereocenters. The number of hydrogen-bond donors (Lipinski definition) is 0. The molecule has 0 aromatic rings. The second-order valence-electron chi connectivity index (χ2n) is 3.74. The Morgan fingerprint density at radius 2 is 1.82 bits per heavy atom. The van der Waals surface area contributed by atoms with E-state index in [1.807, 2.05) is 0 Å². The predicted molar refractivity (Wildman–Crippen MR) is 71.4 cm³/mol.